The summed E-state index contributed by atoms with van der Waals surface area (Å²) in [6.45, 7) is 0.901. The lowest BCUT2D eigenvalue weighted by molar-refractivity contribution is 0.0657. The summed E-state index contributed by atoms with van der Waals surface area (Å²) in [4.78, 5) is 13.7. The minimum Gasteiger partial charge on any atom is -0.397 e. The van der Waals surface area contributed by atoms with Gasteiger partial charge in [-0.2, -0.15) is 0 Å². The number of para-hydroxylation sites is 1. The summed E-state index contributed by atoms with van der Waals surface area (Å²) < 4.78 is 4.93. The Kier molecular flexibility index (Phi) is 5.91. The minimum absolute atomic E-state index is 0.115. The molecule has 0 aromatic heterocycles. The van der Waals surface area contributed by atoms with Crippen LogP contribution in [0.5, 0.6) is 0 Å². The summed E-state index contributed by atoms with van der Waals surface area (Å²) in [5.74, 6) is -0.263. The van der Waals surface area contributed by atoms with Gasteiger partial charge in [0, 0.05) is 20.2 Å². The third-order valence-corrected chi connectivity index (χ3v) is 2.84. The molecule has 0 spiro atoms. The molecule has 1 rings (SSSR count). The predicted molar refractivity (Wildman–Crippen MR) is 70.7 cm³/mol. The molecule has 1 amide bonds. The van der Waals surface area contributed by atoms with Crippen LogP contribution in [0.1, 0.15) is 10.4 Å². The topological polar surface area (TPSA) is 75.8 Å². The summed E-state index contributed by atoms with van der Waals surface area (Å²) in [6, 6.07) is 4.90. The summed E-state index contributed by atoms with van der Waals surface area (Å²) in [5, 5.41) is 9.31. The van der Waals surface area contributed by atoms with Crippen molar-refractivity contribution in [3.05, 3.63) is 28.8 Å². The number of nitrogen functional groups attached to an aromatic ring is 1. The molecule has 0 aliphatic carbocycles. The summed E-state index contributed by atoms with van der Waals surface area (Å²) in [7, 11) is 1.55. The van der Waals surface area contributed by atoms with Crippen molar-refractivity contribution in [3.63, 3.8) is 0 Å². The van der Waals surface area contributed by atoms with E-state index in [1.807, 2.05) is 0 Å². The molecule has 3 N–H and O–H groups in total. The fourth-order valence-electron chi connectivity index (χ4n) is 1.53. The standard InChI is InChI=1S/C12H17ClN2O3/c1-18-8-6-15(5-7-16)12(17)9-3-2-4-10(13)11(9)14/h2-4,16H,5-8,14H2,1H3. The van der Waals surface area contributed by atoms with Crippen molar-refractivity contribution in [2.45, 2.75) is 0 Å². The molecule has 0 unspecified atom stereocenters. The van der Waals surface area contributed by atoms with Crippen molar-refractivity contribution >= 4 is 23.2 Å². The number of carbonyl (C=O) groups is 1. The molecule has 0 aliphatic heterocycles. The zero-order valence-corrected chi connectivity index (χ0v) is 11.0. The smallest absolute Gasteiger partial charge is 0.256 e. The average molecular weight is 273 g/mol. The molecule has 100 valence electrons. The molecule has 1 aromatic carbocycles. The van der Waals surface area contributed by atoms with Gasteiger partial charge in [0.1, 0.15) is 0 Å². The second kappa shape index (κ2) is 7.20. The Bertz CT molecular complexity index is 412. The van der Waals surface area contributed by atoms with Gasteiger partial charge in [0.2, 0.25) is 0 Å². The zero-order valence-electron chi connectivity index (χ0n) is 10.2. The number of hydrogen-bond donors (Lipinski definition) is 2. The van der Waals surface area contributed by atoms with Gasteiger partial charge in [-0.05, 0) is 12.1 Å². The molecule has 0 saturated carbocycles. The third-order valence-electron chi connectivity index (χ3n) is 2.51. The number of nitrogens with two attached hydrogens (primary N) is 1. The highest BCUT2D eigenvalue weighted by atomic mass is 35.5. The summed E-state index contributed by atoms with van der Waals surface area (Å²) >= 11 is 5.87. The molecule has 6 heteroatoms. The quantitative estimate of drug-likeness (QED) is 0.758. The van der Waals surface area contributed by atoms with E-state index in [2.05, 4.69) is 0 Å². The summed E-state index contributed by atoms with van der Waals surface area (Å²) in [5.41, 5.74) is 6.37. The number of anilines is 1. The molecular weight excluding hydrogens is 256 g/mol. The SMILES string of the molecule is COCCN(CCO)C(=O)c1cccc(Cl)c1N. The number of rotatable bonds is 6. The van der Waals surface area contributed by atoms with Crippen LogP contribution >= 0.6 is 11.6 Å². The Labute approximate surface area is 111 Å². The predicted octanol–water partition coefficient (Wildman–Crippen LogP) is 1.00. The molecule has 0 aliphatic rings. The highest BCUT2D eigenvalue weighted by molar-refractivity contribution is 6.33. The largest absolute Gasteiger partial charge is 0.397 e. The van der Waals surface area contributed by atoms with E-state index in [0.717, 1.165) is 0 Å². The van der Waals surface area contributed by atoms with Crippen molar-refractivity contribution in [1.29, 1.82) is 0 Å². The van der Waals surface area contributed by atoms with Gasteiger partial charge in [-0.25, -0.2) is 0 Å². The van der Waals surface area contributed by atoms with Crippen LogP contribution in [0.15, 0.2) is 18.2 Å². The highest BCUT2D eigenvalue weighted by Crippen LogP contribution is 2.23. The van der Waals surface area contributed by atoms with Gasteiger partial charge < -0.3 is 20.5 Å². The lowest BCUT2D eigenvalue weighted by Crippen LogP contribution is -2.36. The maximum absolute atomic E-state index is 12.2. The second-order valence-corrected chi connectivity index (χ2v) is 4.12. The number of aliphatic hydroxyl groups excluding tert-OH is 1. The van der Waals surface area contributed by atoms with Crippen LogP contribution in [0.25, 0.3) is 0 Å². The van der Waals surface area contributed by atoms with E-state index in [1.165, 1.54) is 4.90 Å². The number of methoxy groups -OCH3 is 1. The van der Waals surface area contributed by atoms with Crippen molar-refractivity contribution in [3.8, 4) is 0 Å². The molecule has 0 fully saturated rings. The molecule has 0 bridgehead atoms. The highest BCUT2D eigenvalue weighted by Gasteiger charge is 2.18. The van der Waals surface area contributed by atoms with E-state index in [4.69, 9.17) is 27.2 Å². The maximum Gasteiger partial charge on any atom is 0.256 e. The summed E-state index contributed by atoms with van der Waals surface area (Å²) in [6.07, 6.45) is 0. The van der Waals surface area contributed by atoms with Crippen LogP contribution in [-0.4, -0.2) is 49.3 Å². The maximum atomic E-state index is 12.2. The van der Waals surface area contributed by atoms with Crippen LogP contribution in [0.4, 0.5) is 5.69 Å². The van der Waals surface area contributed by atoms with Crippen molar-refractivity contribution in [2.75, 3.05) is 39.1 Å². The molecule has 0 radical (unpaired) electrons. The van der Waals surface area contributed by atoms with Crippen molar-refractivity contribution < 1.29 is 14.6 Å². The number of benzene rings is 1. The van der Waals surface area contributed by atoms with Crippen LogP contribution in [0.2, 0.25) is 5.02 Å². The molecule has 5 nitrogen and oxygen atoms in total. The lowest BCUT2D eigenvalue weighted by Gasteiger charge is -2.22. The van der Waals surface area contributed by atoms with Gasteiger partial charge in [0.25, 0.3) is 5.91 Å². The first-order chi connectivity index (χ1) is 8.61. The van der Waals surface area contributed by atoms with Crippen molar-refractivity contribution in [2.24, 2.45) is 0 Å². The zero-order chi connectivity index (χ0) is 13.5. The molecule has 18 heavy (non-hydrogen) atoms. The van der Waals surface area contributed by atoms with Crippen molar-refractivity contribution in [1.82, 2.24) is 4.90 Å². The van der Waals surface area contributed by atoms with Gasteiger partial charge in [0.15, 0.2) is 0 Å². The normalized spacial score (nSPS) is 10.4. The first-order valence-corrected chi connectivity index (χ1v) is 5.92. The van der Waals surface area contributed by atoms with E-state index >= 15 is 0 Å². The number of nitrogens with zero attached hydrogens (tertiary/aromatic N) is 1. The minimum atomic E-state index is -0.263. The third kappa shape index (κ3) is 3.60. The Balaban J connectivity index is 2.90. The van der Waals surface area contributed by atoms with Crippen LogP contribution in [0.3, 0.4) is 0 Å². The van der Waals surface area contributed by atoms with Gasteiger partial charge >= 0.3 is 0 Å². The Morgan fingerprint density at radius 1 is 1.50 bits per heavy atom. The van der Waals surface area contributed by atoms with E-state index in [9.17, 15) is 4.79 Å². The molecule has 0 saturated heterocycles. The fraction of sp³-hybridized carbons (Fsp3) is 0.417. The Hall–Kier alpha value is -1.30. The van der Waals surface area contributed by atoms with Gasteiger partial charge in [-0.15, -0.1) is 0 Å². The van der Waals surface area contributed by atoms with E-state index < -0.39 is 0 Å². The van der Waals surface area contributed by atoms with Crippen LogP contribution in [-0.2, 0) is 4.74 Å². The molecule has 0 heterocycles. The lowest BCUT2D eigenvalue weighted by atomic mass is 10.1. The van der Waals surface area contributed by atoms with Crippen LogP contribution in [0, 0.1) is 0 Å². The molecule has 0 atom stereocenters. The monoisotopic (exact) mass is 272 g/mol. The number of aliphatic hydroxyl groups is 1. The van der Waals surface area contributed by atoms with Gasteiger partial charge in [-0.1, -0.05) is 17.7 Å². The molecular formula is C12H17ClN2O3. The Morgan fingerprint density at radius 2 is 2.22 bits per heavy atom. The first kappa shape index (κ1) is 14.8. The number of halogens is 1. The fourth-order valence-corrected chi connectivity index (χ4v) is 1.71. The van der Waals surface area contributed by atoms with E-state index in [-0.39, 0.29) is 24.7 Å². The second-order valence-electron chi connectivity index (χ2n) is 3.71. The van der Waals surface area contributed by atoms with Gasteiger partial charge in [-0.3, -0.25) is 4.79 Å². The van der Waals surface area contributed by atoms with E-state index in [1.54, 1.807) is 25.3 Å². The Morgan fingerprint density at radius 3 is 2.83 bits per heavy atom. The average Bonchev–Trinajstić information content (AvgIpc) is 2.37. The number of carbonyl (C=O) groups excluding carboxylic acids is 1. The number of ether oxygens (including phenoxy) is 1. The van der Waals surface area contributed by atoms with Gasteiger partial charge in [0.05, 0.1) is 29.5 Å². The number of hydrogen-bond acceptors (Lipinski definition) is 4. The molecule has 1 aromatic rings. The number of amides is 1. The van der Waals surface area contributed by atoms with E-state index in [0.29, 0.717) is 23.7 Å². The van der Waals surface area contributed by atoms with Crippen LogP contribution < -0.4 is 5.73 Å². The first-order valence-electron chi connectivity index (χ1n) is 5.55.